The van der Waals surface area contributed by atoms with Gasteiger partial charge in [0.1, 0.15) is 5.75 Å². The number of carbonyl (C=O) groups is 1. The summed E-state index contributed by atoms with van der Waals surface area (Å²) in [5.41, 5.74) is 0.299. The molecule has 0 saturated heterocycles. The molecule has 1 N–H and O–H groups in total. The summed E-state index contributed by atoms with van der Waals surface area (Å²) in [7, 11) is 1.72. The quantitative estimate of drug-likeness (QED) is 0.819. The van der Waals surface area contributed by atoms with Crippen LogP contribution in [0, 0.1) is 5.92 Å². The fraction of sp³-hybridized carbons (Fsp3) is 0.455. The van der Waals surface area contributed by atoms with Gasteiger partial charge in [0.05, 0.1) is 11.8 Å². The topological polar surface area (TPSA) is 53.4 Å². The fourth-order valence-corrected chi connectivity index (χ4v) is 1.40. The summed E-state index contributed by atoms with van der Waals surface area (Å²) in [6, 6.07) is 1.52. The van der Waals surface area contributed by atoms with E-state index in [0.29, 0.717) is 18.0 Å². The Hall–Kier alpha value is -1.58. The number of hydrogen-bond acceptors (Lipinski definition) is 3. The van der Waals surface area contributed by atoms with Gasteiger partial charge < -0.3 is 10.0 Å². The molecule has 0 bridgehead atoms. The maximum Gasteiger partial charge on any atom is 0.257 e. The third-order valence-electron chi connectivity index (χ3n) is 2.02. The minimum absolute atomic E-state index is 0.0712. The first-order valence-corrected chi connectivity index (χ1v) is 4.90. The lowest BCUT2D eigenvalue weighted by Gasteiger charge is -2.19. The van der Waals surface area contributed by atoms with E-state index in [-0.39, 0.29) is 11.7 Å². The van der Waals surface area contributed by atoms with Crippen LogP contribution in [0.1, 0.15) is 24.2 Å². The average Bonchev–Trinajstić information content (AvgIpc) is 2.16. The van der Waals surface area contributed by atoms with Crippen molar-refractivity contribution >= 4 is 5.91 Å². The summed E-state index contributed by atoms with van der Waals surface area (Å²) in [5, 5.41) is 9.45. The van der Waals surface area contributed by atoms with E-state index in [9.17, 15) is 9.90 Å². The standard InChI is InChI=1S/C11H16N2O2/c1-8(2)7-13(3)11(15)9-4-5-12-6-10(9)14/h4-6,8,14H,7H2,1-3H3. The van der Waals surface area contributed by atoms with Gasteiger partial charge in [0, 0.05) is 19.8 Å². The van der Waals surface area contributed by atoms with E-state index in [0.717, 1.165) is 0 Å². The van der Waals surface area contributed by atoms with Gasteiger partial charge in [-0.3, -0.25) is 9.78 Å². The van der Waals surface area contributed by atoms with E-state index >= 15 is 0 Å². The molecule has 0 aromatic carbocycles. The van der Waals surface area contributed by atoms with Crippen LogP contribution < -0.4 is 0 Å². The Morgan fingerprint density at radius 1 is 1.60 bits per heavy atom. The van der Waals surface area contributed by atoms with E-state index < -0.39 is 0 Å². The highest BCUT2D eigenvalue weighted by Crippen LogP contribution is 2.16. The predicted molar refractivity (Wildman–Crippen MR) is 57.7 cm³/mol. The van der Waals surface area contributed by atoms with Crippen LogP contribution in [0.25, 0.3) is 0 Å². The smallest absolute Gasteiger partial charge is 0.257 e. The number of carbonyl (C=O) groups excluding carboxylic acids is 1. The average molecular weight is 208 g/mol. The van der Waals surface area contributed by atoms with Crippen LogP contribution in [0.4, 0.5) is 0 Å². The SMILES string of the molecule is CC(C)CN(C)C(=O)c1ccncc1O. The van der Waals surface area contributed by atoms with Gasteiger partial charge in [0.15, 0.2) is 0 Å². The highest BCUT2D eigenvalue weighted by molar-refractivity contribution is 5.96. The third kappa shape index (κ3) is 2.94. The number of aromatic nitrogens is 1. The van der Waals surface area contributed by atoms with Crippen molar-refractivity contribution in [1.29, 1.82) is 0 Å². The Bertz CT molecular complexity index is 350. The van der Waals surface area contributed by atoms with Crippen LogP contribution in [0.15, 0.2) is 18.5 Å². The van der Waals surface area contributed by atoms with Crippen molar-refractivity contribution < 1.29 is 9.90 Å². The van der Waals surface area contributed by atoms with E-state index in [1.807, 2.05) is 13.8 Å². The van der Waals surface area contributed by atoms with Gasteiger partial charge in [-0.15, -0.1) is 0 Å². The van der Waals surface area contributed by atoms with E-state index in [4.69, 9.17) is 0 Å². The molecule has 0 aliphatic heterocycles. The van der Waals surface area contributed by atoms with Crippen LogP contribution in [-0.4, -0.2) is 34.5 Å². The molecule has 0 unspecified atom stereocenters. The Labute approximate surface area is 89.6 Å². The van der Waals surface area contributed by atoms with Gasteiger partial charge in [-0.25, -0.2) is 0 Å². The summed E-state index contributed by atoms with van der Waals surface area (Å²) in [6.45, 7) is 4.74. The van der Waals surface area contributed by atoms with Crippen molar-refractivity contribution in [3.05, 3.63) is 24.0 Å². The lowest BCUT2D eigenvalue weighted by molar-refractivity contribution is 0.0776. The van der Waals surface area contributed by atoms with Gasteiger partial charge in [-0.05, 0) is 12.0 Å². The number of pyridine rings is 1. The van der Waals surface area contributed by atoms with Crippen LogP contribution in [-0.2, 0) is 0 Å². The molecule has 4 nitrogen and oxygen atoms in total. The van der Waals surface area contributed by atoms with Gasteiger partial charge in [-0.2, -0.15) is 0 Å². The first kappa shape index (κ1) is 11.5. The molecule has 1 amide bonds. The molecule has 0 atom stereocenters. The summed E-state index contributed by atoms with van der Waals surface area (Å²) in [5.74, 6) is 0.157. The monoisotopic (exact) mass is 208 g/mol. The molecular weight excluding hydrogens is 192 g/mol. The van der Waals surface area contributed by atoms with Crippen molar-refractivity contribution in [2.24, 2.45) is 5.92 Å². The maximum atomic E-state index is 11.8. The van der Waals surface area contributed by atoms with Crippen molar-refractivity contribution in [2.75, 3.05) is 13.6 Å². The lowest BCUT2D eigenvalue weighted by atomic mass is 10.2. The summed E-state index contributed by atoms with van der Waals surface area (Å²) < 4.78 is 0. The van der Waals surface area contributed by atoms with Gasteiger partial charge in [-0.1, -0.05) is 13.8 Å². The zero-order chi connectivity index (χ0) is 11.4. The molecule has 0 spiro atoms. The maximum absolute atomic E-state index is 11.8. The van der Waals surface area contributed by atoms with E-state index in [1.165, 1.54) is 18.5 Å². The highest BCUT2D eigenvalue weighted by Gasteiger charge is 2.15. The summed E-state index contributed by atoms with van der Waals surface area (Å²) in [4.78, 5) is 17.2. The lowest BCUT2D eigenvalue weighted by Crippen LogP contribution is -2.30. The molecule has 15 heavy (non-hydrogen) atoms. The summed E-state index contributed by atoms with van der Waals surface area (Å²) >= 11 is 0. The minimum atomic E-state index is -0.177. The number of rotatable bonds is 3. The highest BCUT2D eigenvalue weighted by atomic mass is 16.3. The molecule has 1 heterocycles. The van der Waals surface area contributed by atoms with E-state index in [2.05, 4.69) is 4.98 Å². The van der Waals surface area contributed by atoms with Gasteiger partial charge in [0.25, 0.3) is 5.91 Å². The number of nitrogens with zero attached hydrogens (tertiary/aromatic N) is 2. The second-order valence-corrected chi connectivity index (χ2v) is 3.97. The van der Waals surface area contributed by atoms with Gasteiger partial charge >= 0.3 is 0 Å². The molecule has 82 valence electrons. The predicted octanol–water partition coefficient (Wildman–Crippen LogP) is 1.52. The molecule has 0 radical (unpaired) electrons. The second-order valence-electron chi connectivity index (χ2n) is 3.97. The van der Waals surface area contributed by atoms with E-state index in [1.54, 1.807) is 11.9 Å². The van der Waals surface area contributed by atoms with Crippen LogP contribution in [0.3, 0.4) is 0 Å². The van der Waals surface area contributed by atoms with Crippen LogP contribution in [0.5, 0.6) is 5.75 Å². The van der Waals surface area contributed by atoms with Crippen molar-refractivity contribution in [2.45, 2.75) is 13.8 Å². The number of amides is 1. The zero-order valence-corrected chi connectivity index (χ0v) is 9.27. The van der Waals surface area contributed by atoms with Crippen molar-refractivity contribution in [1.82, 2.24) is 9.88 Å². The fourth-order valence-electron chi connectivity index (χ4n) is 1.40. The molecule has 1 aromatic heterocycles. The first-order chi connectivity index (χ1) is 7.02. The first-order valence-electron chi connectivity index (χ1n) is 4.90. The van der Waals surface area contributed by atoms with Crippen LogP contribution >= 0.6 is 0 Å². The molecule has 0 saturated carbocycles. The molecule has 0 fully saturated rings. The Balaban J connectivity index is 2.81. The third-order valence-corrected chi connectivity index (χ3v) is 2.02. The molecular formula is C11H16N2O2. The van der Waals surface area contributed by atoms with Crippen LogP contribution in [0.2, 0.25) is 0 Å². The zero-order valence-electron chi connectivity index (χ0n) is 9.27. The van der Waals surface area contributed by atoms with Crippen molar-refractivity contribution in [3.8, 4) is 5.75 Å². The second kappa shape index (κ2) is 4.77. The Morgan fingerprint density at radius 3 is 2.80 bits per heavy atom. The number of hydrogen-bond donors (Lipinski definition) is 1. The molecule has 0 aliphatic carbocycles. The molecule has 0 aliphatic rings. The Kier molecular flexibility index (Phi) is 3.66. The van der Waals surface area contributed by atoms with Gasteiger partial charge in [0.2, 0.25) is 0 Å². The molecule has 1 aromatic rings. The van der Waals surface area contributed by atoms with Crippen molar-refractivity contribution in [3.63, 3.8) is 0 Å². The largest absolute Gasteiger partial charge is 0.505 e. The number of aromatic hydroxyl groups is 1. The minimum Gasteiger partial charge on any atom is -0.505 e. The molecule has 4 heteroatoms. The normalized spacial score (nSPS) is 10.4. The summed E-state index contributed by atoms with van der Waals surface area (Å²) in [6.07, 6.45) is 2.77. The molecule has 1 rings (SSSR count). The Morgan fingerprint density at radius 2 is 2.27 bits per heavy atom.